The van der Waals surface area contributed by atoms with Crippen molar-refractivity contribution < 1.29 is 0 Å². The summed E-state index contributed by atoms with van der Waals surface area (Å²) in [6.07, 6.45) is 35.4. The maximum atomic E-state index is 6.49. The minimum atomic E-state index is 0.687. The van der Waals surface area contributed by atoms with Crippen LogP contribution in [0.1, 0.15) is 63.5 Å². The van der Waals surface area contributed by atoms with Gasteiger partial charge in [-0.15, -0.1) is 5.73 Å². The van der Waals surface area contributed by atoms with Crippen LogP contribution in [0.15, 0.2) is 168 Å². The highest BCUT2D eigenvalue weighted by Gasteiger charge is 2.14. The van der Waals surface area contributed by atoms with Gasteiger partial charge in [-0.1, -0.05) is 130 Å². The van der Waals surface area contributed by atoms with Gasteiger partial charge in [0.25, 0.3) is 0 Å². The molecule has 0 saturated heterocycles. The van der Waals surface area contributed by atoms with Crippen molar-refractivity contribution in [3.8, 4) is 0 Å². The van der Waals surface area contributed by atoms with Crippen LogP contribution in [0.2, 0.25) is 0 Å². The Labute approximate surface area is 255 Å². The first-order valence-corrected chi connectivity index (χ1v) is 14.8. The molecular formula is C40H48N2. The van der Waals surface area contributed by atoms with Gasteiger partial charge in [0.05, 0.1) is 0 Å². The summed E-state index contributed by atoms with van der Waals surface area (Å²) in [7, 11) is 0. The fraction of sp³-hybridized carbons (Fsp3) is 0.225. The van der Waals surface area contributed by atoms with Gasteiger partial charge < -0.3 is 11.5 Å². The molecule has 4 N–H and O–H groups in total. The number of nitrogens with two attached hydrogens (primary N) is 2. The number of unbranched alkanes of at least 4 members (excludes halogenated alkanes) is 2. The molecule has 0 saturated carbocycles. The lowest BCUT2D eigenvalue weighted by Gasteiger charge is -2.14. The third kappa shape index (κ3) is 11.9. The second-order valence-electron chi connectivity index (χ2n) is 10.3. The zero-order valence-corrected chi connectivity index (χ0v) is 25.6. The highest BCUT2D eigenvalue weighted by atomic mass is 14.6. The van der Waals surface area contributed by atoms with E-state index in [9.17, 15) is 0 Å². The van der Waals surface area contributed by atoms with E-state index in [2.05, 4.69) is 111 Å². The van der Waals surface area contributed by atoms with E-state index in [1.807, 2.05) is 25.2 Å². The smallest absolute Gasteiger partial charge is 0.0380 e. The van der Waals surface area contributed by atoms with Gasteiger partial charge in [0, 0.05) is 5.70 Å². The van der Waals surface area contributed by atoms with Crippen molar-refractivity contribution in [2.75, 3.05) is 0 Å². The summed E-state index contributed by atoms with van der Waals surface area (Å²) in [6, 6.07) is 8.81. The summed E-state index contributed by atoms with van der Waals surface area (Å²) in [5.74, 6) is 0. The van der Waals surface area contributed by atoms with Crippen molar-refractivity contribution in [3.63, 3.8) is 0 Å². The Morgan fingerprint density at radius 1 is 0.905 bits per heavy atom. The van der Waals surface area contributed by atoms with Gasteiger partial charge in [0.15, 0.2) is 0 Å². The van der Waals surface area contributed by atoms with Gasteiger partial charge in [-0.3, -0.25) is 0 Å². The van der Waals surface area contributed by atoms with Crippen LogP contribution in [0.5, 0.6) is 0 Å². The molecule has 42 heavy (non-hydrogen) atoms. The van der Waals surface area contributed by atoms with Crippen LogP contribution in [0.3, 0.4) is 0 Å². The summed E-state index contributed by atoms with van der Waals surface area (Å²) in [4.78, 5) is 0. The number of benzene rings is 1. The van der Waals surface area contributed by atoms with Crippen LogP contribution in [-0.2, 0) is 6.42 Å². The highest BCUT2D eigenvalue weighted by molar-refractivity contribution is 5.74. The van der Waals surface area contributed by atoms with E-state index in [4.69, 9.17) is 11.5 Å². The van der Waals surface area contributed by atoms with Crippen molar-refractivity contribution in [2.24, 2.45) is 11.5 Å². The Kier molecular flexibility index (Phi) is 15.7. The maximum Gasteiger partial charge on any atom is 0.0380 e. The Hall–Kier alpha value is -4.52. The SMILES string of the molecule is C=CC(=C)C/C(C)=C(\N)C(=C)C1=C(Cc2ccc(C(/C=C/C=C/CC/C=C\N)=C/CC=C/C=C\CCC)cc2)C=C=C1. The summed E-state index contributed by atoms with van der Waals surface area (Å²) in [5, 5.41) is 0. The fourth-order valence-corrected chi connectivity index (χ4v) is 4.37. The minimum absolute atomic E-state index is 0.687. The van der Waals surface area contributed by atoms with E-state index < -0.39 is 0 Å². The molecule has 0 radical (unpaired) electrons. The predicted octanol–water partition coefficient (Wildman–Crippen LogP) is 10.2. The molecule has 0 amide bonds. The fourth-order valence-electron chi connectivity index (χ4n) is 4.37. The van der Waals surface area contributed by atoms with Gasteiger partial charge in [-0.2, -0.15) is 0 Å². The van der Waals surface area contributed by atoms with Crippen molar-refractivity contribution >= 4 is 5.57 Å². The average Bonchev–Trinajstić information content (AvgIpc) is 3.46. The number of hydrogen-bond donors (Lipinski definition) is 2. The van der Waals surface area contributed by atoms with Crippen LogP contribution in [0.25, 0.3) is 5.57 Å². The molecule has 0 aromatic heterocycles. The van der Waals surface area contributed by atoms with Crippen LogP contribution in [-0.4, -0.2) is 0 Å². The molecule has 218 valence electrons. The molecule has 2 rings (SSSR count). The van der Waals surface area contributed by atoms with Crippen LogP contribution >= 0.6 is 0 Å². The Balaban J connectivity index is 2.21. The second-order valence-corrected chi connectivity index (χ2v) is 10.3. The number of hydrogen-bond acceptors (Lipinski definition) is 2. The van der Waals surface area contributed by atoms with Gasteiger partial charge in [0.1, 0.15) is 0 Å². The standard InChI is InChI=1S/C40H48N2/c1-6-8-9-10-11-14-17-21-36(22-18-15-12-13-16-19-29-41)37-27-25-35(26-28-37)31-38-23-20-24-39(38)34(5)40(42)33(4)30-32(3)7-2/h7,9-12,14-15,18-19,21-29H,2-3,5-6,8,13,16-17,30-31,41-42H2,1,4H3/b10-9-,14-11?,15-12+,22-18+,29-19-,36-21+,40-33-. The first kappa shape index (κ1) is 33.7. The van der Waals surface area contributed by atoms with Crippen molar-refractivity contribution in [1.82, 2.24) is 0 Å². The van der Waals surface area contributed by atoms with E-state index >= 15 is 0 Å². The molecule has 1 aromatic rings. The molecule has 0 atom stereocenters. The second kappa shape index (κ2) is 19.5. The summed E-state index contributed by atoms with van der Waals surface area (Å²) >= 11 is 0. The molecule has 0 bridgehead atoms. The summed E-state index contributed by atoms with van der Waals surface area (Å²) in [6.45, 7) is 16.3. The van der Waals surface area contributed by atoms with Crippen molar-refractivity contribution in [3.05, 3.63) is 180 Å². The lowest BCUT2D eigenvalue weighted by molar-refractivity contribution is 0.959. The summed E-state index contributed by atoms with van der Waals surface area (Å²) < 4.78 is 0. The molecule has 1 aromatic carbocycles. The van der Waals surface area contributed by atoms with Crippen LogP contribution in [0, 0.1) is 0 Å². The van der Waals surface area contributed by atoms with Crippen molar-refractivity contribution in [2.45, 2.75) is 58.8 Å². The molecule has 1 aliphatic rings. The Morgan fingerprint density at radius 3 is 2.31 bits per heavy atom. The quantitative estimate of drug-likeness (QED) is 0.107. The van der Waals surface area contributed by atoms with Gasteiger partial charge in [-0.25, -0.2) is 0 Å². The lowest BCUT2D eigenvalue weighted by Crippen LogP contribution is -2.07. The molecule has 2 heteroatoms. The summed E-state index contributed by atoms with van der Waals surface area (Å²) in [5.41, 5.74) is 24.5. The highest BCUT2D eigenvalue weighted by Crippen LogP contribution is 2.29. The van der Waals surface area contributed by atoms with E-state index in [1.54, 1.807) is 12.3 Å². The van der Waals surface area contributed by atoms with Crippen LogP contribution in [0.4, 0.5) is 0 Å². The first-order chi connectivity index (χ1) is 20.4. The molecule has 0 heterocycles. The van der Waals surface area contributed by atoms with Crippen molar-refractivity contribution in [1.29, 1.82) is 0 Å². The molecular weight excluding hydrogens is 508 g/mol. The van der Waals surface area contributed by atoms with Crippen LogP contribution < -0.4 is 11.5 Å². The topological polar surface area (TPSA) is 52.0 Å². The molecule has 0 spiro atoms. The zero-order chi connectivity index (χ0) is 30.6. The maximum absolute atomic E-state index is 6.49. The van der Waals surface area contributed by atoms with E-state index in [-0.39, 0.29) is 0 Å². The number of rotatable bonds is 18. The first-order valence-electron chi connectivity index (χ1n) is 14.8. The van der Waals surface area contributed by atoms with Gasteiger partial charge in [0.2, 0.25) is 0 Å². The van der Waals surface area contributed by atoms with Gasteiger partial charge >= 0.3 is 0 Å². The monoisotopic (exact) mass is 556 g/mol. The van der Waals surface area contributed by atoms with E-state index in [0.29, 0.717) is 12.1 Å². The van der Waals surface area contributed by atoms with E-state index in [1.165, 1.54) is 23.1 Å². The minimum Gasteiger partial charge on any atom is -0.405 e. The Bertz CT molecular complexity index is 1390. The van der Waals surface area contributed by atoms with E-state index in [0.717, 1.165) is 60.0 Å². The van der Waals surface area contributed by atoms with Gasteiger partial charge in [-0.05, 0) is 103 Å². The third-order valence-electron chi connectivity index (χ3n) is 6.88. The third-order valence-corrected chi connectivity index (χ3v) is 6.88. The molecule has 2 nitrogen and oxygen atoms in total. The largest absolute Gasteiger partial charge is 0.405 e. The molecule has 1 aliphatic carbocycles. The zero-order valence-electron chi connectivity index (χ0n) is 25.6. The molecule has 0 unspecified atom stereocenters. The molecule has 0 fully saturated rings. The lowest BCUT2D eigenvalue weighted by atomic mass is 9.93. The molecule has 0 aliphatic heterocycles. The number of allylic oxidation sites excluding steroid dienone is 17. The predicted molar refractivity (Wildman–Crippen MR) is 186 cm³/mol. The average molecular weight is 557 g/mol. The normalized spacial score (nSPS) is 14.5. The Morgan fingerprint density at radius 2 is 1.60 bits per heavy atom.